The molecule has 2 bridgehead atoms. The van der Waals surface area contributed by atoms with Crippen LogP contribution in [-0.4, -0.2) is 29.9 Å². The summed E-state index contributed by atoms with van der Waals surface area (Å²) < 4.78 is 29.5. The van der Waals surface area contributed by atoms with Gasteiger partial charge < -0.3 is 4.52 Å². The van der Waals surface area contributed by atoms with E-state index in [1.165, 1.54) is 0 Å². The van der Waals surface area contributed by atoms with E-state index in [0.717, 1.165) is 6.42 Å². The van der Waals surface area contributed by atoms with Gasteiger partial charge in [-0.25, -0.2) is 8.42 Å². The van der Waals surface area contributed by atoms with Gasteiger partial charge in [0.25, 0.3) is 0 Å². The van der Waals surface area contributed by atoms with Crippen LogP contribution in [0.15, 0.2) is 4.52 Å². The van der Waals surface area contributed by atoms with Gasteiger partial charge >= 0.3 is 0 Å². The average molecular weight is 297 g/mol. The molecule has 3 rings (SSSR count). The van der Waals surface area contributed by atoms with E-state index in [1.807, 2.05) is 0 Å². The molecular weight excluding hydrogens is 278 g/mol. The minimum Gasteiger partial charge on any atom is -0.361 e. The molecule has 0 radical (unpaired) electrons. The fraction of sp³-hybridized carbons (Fsp3) is 0.714. The monoisotopic (exact) mass is 297 g/mol. The number of sulfone groups is 1. The number of hydrogen-bond donors (Lipinski definition) is 0. The summed E-state index contributed by atoms with van der Waals surface area (Å²) in [7, 11) is -3.01. The van der Waals surface area contributed by atoms with Crippen molar-refractivity contribution in [2.45, 2.75) is 56.5 Å². The maximum atomic E-state index is 12.6. The lowest BCUT2D eigenvalue weighted by atomic mass is 9.84. The third-order valence-corrected chi connectivity index (χ3v) is 7.44. The van der Waals surface area contributed by atoms with Crippen LogP contribution in [0.1, 0.15) is 53.9 Å². The highest BCUT2D eigenvalue weighted by molar-refractivity contribution is 7.92. The Morgan fingerprint density at radius 1 is 1.20 bits per heavy atom. The van der Waals surface area contributed by atoms with Crippen molar-refractivity contribution in [3.63, 3.8) is 0 Å². The summed E-state index contributed by atoms with van der Waals surface area (Å²) in [5.74, 6) is 0.338. The van der Waals surface area contributed by atoms with Crippen molar-refractivity contribution in [3.05, 3.63) is 17.0 Å². The van der Waals surface area contributed by atoms with Crippen LogP contribution in [0.4, 0.5) is 0 Å². The Morgan fingerprint density at radius 3 is 2.30 bits per heavy atom. The topological polar surface area (TPSA) is 77.2 Å². The predicted octanol–water partition coefficient (Wildman–Crippen LogP) is 2.22. The van der Waals surface area contributed by atoms with E-state index in [1.54, 1.807) is 13.8 Å². The zero-order valence-electron chi connectivity index (χ0n) is 11.8. The van der Waals surface area contributed by atoms with Gasteiger partial charge in [0, 0.05) is 5.92 Å². The first-order valence-electron chi connectivity index (χ1n) is 7.11. The molecule has 3 heterocycles. The first-order valence-corrected chi connectivity index (χ1v) is 8.72. The molecule has 0 aromatic carbocycles. The lowest BCUT2D eigenvalue weighted by Gasteiger charge is -2.38. The summed E-state index contributed by atoms with van der Waals surface area (Å²) in [6, 6.07) is 0. The van der Waals surface area contributed by atoms with Crippen molar-refractivity contribution >= 4 is 15.6 Å². The van der Waals surface area contributed by atoms with E-state index in [9.17, 15) is 13.2 Å². The highest BCUT2D eigenvalue weighted by Gasteiger charge is 2.46. The molecule has 1 aromatic heterocycles. The van der Waals surface area contributed by atoms with Gasteiger partial charge in [-0.05, 0) is 39.5 Å². The first kappa shape index (κ1) is 13.8. The number of hydrogen-bond acceptors (Lipinski definition) is 5. The van der Waals surface area contributed by atoms with Gasteiger partial charge in [-0.3, -0.25) is 4.79 Å². The largest absolute Gasteiger partial charge is 0.361 e. The Morgan fingerprint density at radius 2 is 1.80 bits per heavy atom. The molecule has 0 spiro atoms. The number of carbonyl (C=O) groups is 1. The number of ketones is 1. The second-order valence-corrected chi connectivity index (χ2v) is 8.51. The Balaban J connectivity index is 1.89. The molecule has 0 aliphatic carbocycles. The van der Waals surface area contributed by atoms with Gasteiger partial charge in [0.05, 0.1) is 21.8 Å². The molecule has 110 valence electrons. The predicted molar refractivity (Wildman–Crippen MR) is 73.4 cm³/mol. The quantitative estimate of drug-likeness (QED) is 0.782. The zero-order valence-corrected chi connectivity index (χ0v) is 12.6. The van der Waals surface area contributed by atoms with Crippen LogP contribution < -0.4 is 0 Å². The van der Waals surface area contributed by atoms with Crippen molar-refractivity contribution in [2.24, 2.45) is 5.92 Å². The van der Waals surface area contributed by atoms with Gasteiger partial charge in [0.15, 0.2) is 15.6 Å². The fourth-order valence-corrected chi connectivity index (χ4v) is 6.20. The molecule has 0 saturated carbocycles. The Labute approximate surface area is 118 Å². The molecule has 0 N–H and O–H groups in total. The SMILES string of the molecule is Cc1noc(C)c1C(=O)C1CC2CCCC(C1)S2(=O)=O. The summed E-state index contributed by atoms with van der Waals surface area (Å²) in [5.41, 5.74) is 1.15. The van der Waals surface area contributed by atoms with Gasteiger partial charge in [-0.2, -0.15) is 0 Å². The first-order chi connectivity index (χ1) is 9.41. The molecule has 1 aromatic rings. The summed E-state index contributed by atoms with van der Waals surface area (Å²) in [6.45, 7) is 3.48. The van der Waals surface area contributed by atoms with Crippen LogP contribution in [0.2, 0.25) is 0 Å². The summed E-state index contributed by atoms with van der Waals surface area (Å²) >= 11 is 0. The molecule has 5 nitrogen and oxygen atoms in total. The molecule has 2 atom stereocenters. The lowest BCUT2D eigenvalue weighted by molar-refractivity contribution is 0.0892. The van der Waals surface area contributed by atoms with E-state index >= 15 is 0 Å². The Kier molecular flexibility index (Phi) is 3.23. The maximum absolute atomic E-state index is 12.6. The highest BCUT2D eigenvalue weighted by atomic mass is 32.2. The molecule has 2 saturated heterocycles. The summed E-state index contributed by atoms with van der Waals surface area (Å²) in [4.78, 5) is 12.6. The number of aryl methyl sites for hydroxylation is 2. The van der Waals surface area contributed by atoms with Crippen molar-refractivity contribution in [3.8, 4) is 0 Å². The number of rotatable bonds is 2. The lowest BCUT2D eigenvalue weighted by Crippen LogP contribution is -2.45. The fourth-order valence-electron chi connectivity index (χ4n) is 3.66. The standard InChI is InChI=1S/C14H19NO4S/c1-8-13(9(2)19-15-8)14(16)10-6-11-4-3-5-12(7-10)20(11,17)18/h10-12H,3-7H2,1-2H3. The number of nitrogens with zero attached hydrogens (tertiary/aromatic N) is 1. The van der Waals surface area contributed by atoms with Crippen molar-refractivity contribution in [1.29, 1.82) is 0 Å². The number of aromatic nitrogens is 1. The average Bonchev–Trinajstić information content (AvgIpc) is 2.67. The van der Waals surface area contributed by atoms with Crippen molar-refractivity contribution < 1.29 is 17.7 Å². The maximum Gasteiger partial charge on any atom is 0.171 e. The molecule has 6 heteroatoms. The van der Waals surface area contributed by atoms with Crippen LogP contribution in [0.3, 0.4) is 0 Å². The molecule has 2 aliphatic heterocycles. The Hall–Kier alpha value is -1.17. The third-order valence-electron chi connectivity index (χ3n) is 4.73. The molecule has 0 amide bonds. The minimum atomic E-state index is -3.01. The summed E-state index contributed by atoms with van der Waals surface area (Å²) in [5, 5.41) is 3.16. The van der Waals surface area contributed by atoms with Gasteiger partial charge in [0.1, 0.15) is 5.76 Å². The van der Waals surface area contributed by atoms with Crippen molar-refractivity contribution in [1.82, 2.24) is 5.16 Å². The van der Waals surface area contributed by atoms with Gasteiger partial charge in [-0.15, -0.1) is 0 Å². The van der Waals surface area contributed by atoms with Crippen LogP contribution >= 0.6 is 0 Å². The van der Waals surface area contributed by atoms with E-state index in [4.69, 9.17) is 4.52 Å². The van der Waals surface area contributed by atoms with Crippen LogP contribution in [-0.2, 0) is 9.84 Å². The minimum absolute atomic E-state index is 0.00745. The van der Waals surface area contributed by atoms with Crippen LogP contribution in [0, 0.1) is 19.8 Å². The summed E-state index contributed by atoms with van der Waals surface area (Å²) in [6.07, 6.45) is 3.28. The highest BCUT2D eigenvalue weighted by Crippen LogP contribution is 2.40. The molecule has 2 unspecified atom stereocenters. The second-order valence-electron chi connectivity index (χ2n) is 6.00. The molecule has 20 heavy (non-hydrogen) atoms. The van der Waals surface area contributed by atoms with Crippen LogP contribution in [0.25, 0.3) is 0 Å². The normalized spacial score (nSPS) is 32.0. The smallest absolute Gasteiger partial charge is 0.171 e. The van der Waals surface area contributed by atoms with Crippen LogP contribution in [0.5, 0.6) is 0 Å². The number of Topliss-reactive ketones (excluding diaryl/α,β-unsaturated/α-hetero) is 1. The number of fused-ring (bicyclic) bond motifs is 2. The van der Waals surface area contributed by atoms with E-state index < -0.39 is 9.84 Å². The third kappa shape index (κ3) is 2.01. The molecular formula is C14H19NO4S. The van der Waals surface area contributed by atoms with Gasteiger partial charge in [0.2, 0.25) is 0 Å². The van der Waals surface area contributed by atoms with E-state index in [-0.39, 0.29) is 22.2 Å². The van der Waals surface area contributed by atoms with E-state index in [0.29, 0.717) is 42.7 Å². The van der Waals surface area contributed by atoms with Gasteiger partial charge in [-0.1, -0.05) is 11.6 Å². The zero-order chi connectivity index (χ0) is 14.5. The molecule has 2 aliphatic rings. The Bertz CT molecular complexity index is 607. The van der Waals surface area contributed by atoms with Crippen molar-refractivity contribution in [2.75, 3.05) is 0 Å². The number of carbonyl (C=O) groups excluding carboxylic acids is 1. The second kappa shape index (κ2) is 4.69. The van der Waals surface area contributed by atoms with E-state index in [2.05, 4.69) is 5.16 Å². The molecule has 2 fully saturated rings.